The number of fused-ring (bicyclic) bond motifs is 1. The number of ether oxygens (including phenoxy) is 1. The largest absolute Gasteiger partial charge is 0.361 e. The van der Waals surface area contributed by atoms with E-state index in [0.717, 1.165) is 12.1 Å². The molecule has 0 amide bonds. The van der Waals surface area contributed by atoms with Crippen molar-refractivity contribution in [1.82, 2.24) is 4.90 Å². The molecule has 1 aliphatic rings. The third-order valence-corrected chi connectivity index (χ3v) is 3.41. The number of hydrogen-bond acceptors (Lipinski definition) is 3. The van der Waals surface area contributed by atoms with Crippen LogP contribution in [0.5, 0.6) is 0 Å². The van der Waals surface area contributed by atoms with E-state index in [1.54, 1.807) is 0 Å². The Bertz CT molecular complexity index is 1350. The topological polar surface area (TPSA) is 36.3 Å². The molecule has 0 N–H and O–H groups in total. The minimum Gasteiger partial charge on any atom is -0.361 e. The second-order valence-electron chi connectivity index (χ2n) is 4.84. The lowest BCUT2D eigenvalue weighted by atomic mass is 9.81. The maximum atomic E-state index is 14.5. The highest BCUT2D eigenvalue weighted by Gasteiger charge is 2.41. The Labute approximate surface area is 164 Å². The summed E-state index contributed by atoms with van der Waals surface area (Å²) in [5, 5.41) is 9.28. The van der Waals surface area contributed by atoms with Crippen molar-refractivity contribution in [2.45, 2.75) is 25.0 Å². The Morgan fingerprint density at radius 2 is 2.21 bits per heavy atom. The van der Waals surface area contributed by atoms with Gasteiger partial charge in [0.05, 0.1) is 23.7 Å². The van der Waals surface area contributed by atoms with Crippen LogP contribution in [0.2, 0.25) is 0 Å². The molecule has 1 atom stereocenters. The lowest BCUT2D eigenvalue weighted by Crippen LogP contribution is -2.28. The molecule has 3 rings (SSSR count). The molecular weight excluding hydrogens is 303 g/mol. The van der Waals surface area contributed by atoms with E-state index in [1.807, 2.05) is 6.07 Å². The van der Waals surface area contributed by atoms with Gasteiger partial charge in [0.25, 0.3) is 0 Å². The van der Waals surface area contributed by atoms with Gasteiger partial charge in [-0.2, -0.15) is 5.26 Å². The van der Waals surface area contributed by atoms with Crippen LogP contribution in [0.1, 0.15) is 56.9 Å². The van der Waals surface area contributed by atoms with Crippen LogP contribution in [0.15, 0.2) is 42.4 Å². The predicted molar refractivity (Wildman–Crippen MR) is 90.9 cm³/mol. The summed E-state index contributed by atoms with van der Waals surface area (Å²) < 4.78 is 150. The van der Waals surface area contributed by atoms with E-state index in [0.29, 0.717) is 0 Å². The molecule has 0 unspecified atom stereocenters. The molecule has 2 aromatic rings. The van der Waals surface area contributed by atoms with Crippen LogP contribution in [0.4, 0.5) is 4.39 Å². The lowest BCUT2D eigenvalue weighted by molar-refractivity contribution is -0.0140. The zero-order valence-electron chi connectivity index (χ0n) is 28.1. The van der Waals surface area contributed by atoms with Gasteiger partial charge in [-0.1, -0.05) is 18.2 Å². The van der Waals surface area contributed by atoms with Gasteiger partial charge in [-0.15, -0.1) is 0 Å². The minimum atomic E-state index is -4.18. The van der Waals surface area contributed by atoms with Crippen molar-refractivity contribution in [1.29, 1.82) is 5.26 Å². The first-order valence-corrected chi connectivity index (χ1v) is 6.67. The third kappa shape index (κ3) is 3.06. The van der Waals surface area contributed by atoms with Crippen LogP contribution in [0, 0.1) is 17.1 Å². The van der Waals surface area contributed by atoms with E-state index in [4.69, 9.17) is 26.7 Å². The zero-order valence-corrected chi connectivity index (χ0v) is 12.1. The highest BCUT2D eigenvalue weighted by Crippen LogP contribution is 2.45. The van der Waals surface area contributed by atoms with Crippen molar-refractivity contribution in [3.05, 3.63) is 70.4 Å². The Balaban J connectivity index is 2.52. The average molecular weight is 340 g/mol. The van der Waals surface area contributed by atoms with Crippen molar-refractivity contribution in [3.8, 4) is 6.07 Å². The molecule has 0 saturated carbocycles. The van der Waals surface area contributed by atoms with Gasteiger partial charge in [0.2, 0.25) is 0 Å². The van der Waals surface area contributed by atoms with Gasteiger partial charge in [0.1, 0.15) is 11.4 Å². The van der Waals surface area contributed by atoms with Gasteiger partial charge in [-0.3, -0.25) is 0 Å². The molecule has 0 spiro atoms. The molecular formula is C20H21FN2O. The second kappa shape index (κ2) is 6.72. The Morgan fingerprint density at radius 3 is 2.92 bits per heavy atom. The first-order chi connectivity index (χ1) is 17.9. The van der Waals surface area contributed by atoms with Gasteiger partial charge in [-0.25, -0.2) is 4.39 Å². The van der Waals surface area contributed by atoms with Crippen LogP contribution >= 0.6 is 0 Å². The molecule has 4 heteroatoms. The normalized spacial score (nSPS) is 31.9. The molecule has 3 nitrogen and oxygen atoms in total. The highest BCUT2D eigenvalue weighted by atomic mass is 19.1. The molecule has 24 heavy (non-hydrogen) atoms. The summed E-state index contributed by atoms with van der Waals surface area (Å²) in [5.41, 5.74) is -4.56. The minimum absolute atomic E-state index is 0.0102. The molecule has 0 radical (unpaired) electrons. The Kier molecular flexibility index (Phi) is 1.66. The van der Waals surface area contributed by atoms with Crippen molar-refractivity contribution in [3.63, 3.8) is 0 Å². The van der Waals surface area contributed by atoms with Crippen molar-refractivity contribution in [2.24, 2.45) is 0 Å². The number of halogens is 1. The summed E-state index contributed by atoms with van der Waals surface area (Å²) in [6, 6.07) is 0.187. The fourth-order valence-electron chi connectivity index (χ4n) is 2.41. The van der Waals surface area contributed by atoms with E-state index in [9.17, 15) is 9.65 Å². The molecule has 0 bridgehead atoms. The molecule has 0 fully saturated rings. The van der Waals surface area contributed by atoms with E-state index >= 15 is 0 Å². The first-order valence-electron chi connectivity index (χ1n) is 14.7. The number of nitriles is 1. The van der Waals surface area contributed by atoms with Gasteiger partial charge < -0.3 is 9.64 Å². The van der Waals surface area contributed by atoms with Crippen molar-refractivity contribution in [2.75, 3.05) is 20.4 Å². The number of benzene rings is 2. The quantitative estimate of drug-likeness (QED) is 0.830. The standard InChI is InChI=1S/C20H21FN2O/c1-23(2)11-3-10-20(17-5-7-18(21)8-6-17)19-9-4-15(13-22)12-16(19)14-24-20/h4-9,12H,3,10-11,14H2,1-2H3/t20-/m0/s1/i1D3,2D3,3D2,5D,6D,7D,8D,10D2,11D2. The number of hydrogen-bond donors (Lipinski definition) is 0. The van der Waals surface area contributed by atoms with Crippen molar-refractivity contribution < 1.29 is 31.1 Å². The molecule has 0 aromatic heterocycles. The highest BCUT2D eigenvalue weighted by molar-refractivity contribution is 5.47. The smallest absolute Gasteiger partial charge is 0.123 e. The maximum Gasteiger partial charge on any atom is 0.123 e. The second-order valence-corrected chi connectivity index (χ2v) is 4.84. The van der Waals surface area contributed by atoms with Gasteiger partial charge >= 0.3 is 0 Å². The van der Waals surface area contributed by atoms with Gasteiger partial charge in [-0.05, 0) is 74.1 Å². The Morgan fingerprint density at radius 1 is 1.42 bits per heavy atom. The third-order valence-electron chi connectivity index (χ3n) is 3.41. The molecule has 124 valence electrons. The van der Waals surface area contributed by atoms with E-state index in [1.165, 1.54) is 6.07 Å². The summed E-state index contributed by atoms with van der Waals surface area (Å²) in [4.78, 5) is -0.799. The average Bonchev–Trinajstić information content (AvgIpc) is 3.19. The van der Waals surface area contributed by atoms with Crippen LogP contribution in [-0.2, 0) is 16.9 Å². The zero-order chi connectivity index (χ0) is 31.0. The summed E-state index contributed by atoms with van der Waals surface area (Å²) in [6.45, 7) is -12.5. The molecule has 0 saturated heterocycles. The van der Waals surface area contributed by atoms with Gasteiger partial charge in [0.15, 0.2) is 0 Å². The number of nitrogens with zero attached hydrogens (tertiary/aromatic N) is 2. The monoisotopic (exact) mass is 340 g/mol. The molecule has 0 aliphatic carbocycles. The fraction of sp³-hybridized carbons (Fsp3) is 0.350. The molecule has 1 heterocycles. The summed E-state index contributed by atoms with van der Waals surface area (Å²) in [7, 11) is 0. The SMILES string of the molecule is [2H]c1c([2H])c([C@]2(C([2H])([2H])C([2H])([2H])C([2H])([2H])N(C([2H])([2H])[2H])C([2H])([2H])[2H])OCc3cc(C#N)ccc32)c([2H])c([2H])c1F. The summed E-state index contributed by atoms with van der Waals surface area (Å²) in [5.74, 6) is -1.62. The summed E-state index contributed by atoms with van der Waals surface area (Å²) in [6.07, 6.45) is -8.13. The Hall–Kier alpha value is -2.22. The first kappa shape index (κ1) is 5.94. The predicted octanol–water partition coefficient (Wildman–Crippen LogP) is 3.81. The molecule has 1 aliphatic heterocycles. The molecule has 2 aromatic carbocycles. The van der Waals surface area contributed by atoms with E-state index < -0.39 is 91.4 Å². The van der Waals surface area contributed by atoms with Crippen LogP contribution in [0.3, 0.4) is 0 Å². The van der Waals surface area contributed by atoms with E-state index in [2.05, 4.69) is 0 Å². The van der Waals surface area contributed by atoms with Gasteiger partial charge in [0, 0.05) is 16.4 Å². The lowest BCUT2D eigenvalue weighted by Gasteiger charge is -2.31. The maximum absolute atomic E-state index is 14.5. The van der Waals surface area contributed by atoms with Crippen LogP contribution in [0.25, 0.3) is 0 Å². The van der Waals surface area contributed by atoms with E-state index in [-0.39, 0.29) is 11.1 Å². The van der Waals surface area contributed by atoms with Crippen LogP contribution in [-0.4, -0.2) is 25.3 Å². The number of rotatable bonds is 5. The van der Waals surface area contributed by atoms with Crippen molar-refractivity contribution >= 4 is 0 Å². The summed E-state index contributed by atoms with van der Waals surface area (Å²) >= 11 is 0. The van der Waals surface area contributed by atoms with Crippen LogP contribution < -0.4 is 0 Å². The fourth-order valence-corrected chi connectivity index (χ4v) is 2.41.